The van der Waals surface area contributed by atoms with Gasteiger partial charge in [0.1, 0.15) is 5.82 Å². The number of carbonyl (C=O) groups excluding carboxylic acids is 2. The Morgan fingerprint density at radius 1 is 1.02 bits per heavy atom. The van der Waals surface area contributed by atoms with Crippen molar-refractivity contribution in [3.63, 3.8) is 0 Å². The zero-order valence-corrected chi connectivity index (χ0v) is 24.8. The van der Waals surface area contributed by atoms with E-state index >= 15 is 0 Å². The number of pyridine rings is 1. The average molecular weight is 587 g/mol. The zero-order valence-electron chi connectivity index (χ0n) is 24.8. The van der Waals surface area contributed by atoms with Gasteiger partial charge in [0, 0.05) is 45.1 Å². The third-order valence-corrected chi connectivity index (χ3v) is 7.75. The van der Waals surface area contributed by atoms with Crippen molar-refractivity contribution in [1.29, 1.82) is 0 Å². The smallest absolute Gasteiger partial charge is 0.415 e. The summed E-state index contributed by atoms with van der Waals surface area (Å²) in [7, 11) is 5.01. The van der Waals surface area contributed by atoms with Crippen molar-refractivity contribution >= 4 is 29.2 Å². The Morgan fingerprint density at radius 3 is 2.40 bits per heavy atom. The minimum atomic E-state index is -0.465. The normalized spacial score (nSPS) is 15.8. The number of hydrogen-bond acceptors (Lipinski definition) is 7. The van der Waals surface area contributed by atoms with Crippen molar-refractivity contribution in [2.75, 3.05) is 47.4 Å². The molecule has 2 aliphatic rings. The molecule has 2 heterocycles. The number of piperazine rings is 1. The highest BCUT2D eigenvalue weighted by molar-refractivity contribution is 6.08. The highest BCUT2D eigenvalue weighted by Gasteiger charge is 2.27. The Labute approximate surface area is 250 Å². The van der Waals surface area contributed by atoms with Gasteiger partial charge >= 0.3 is 6.09 Å². The van der Waals surface area contributed by atoms with Gasteiger partial charge < -0.3 is 29.3 Å². The molecule has 1 fully saturated rings. The van der Waals surface area contributed by atoms with Crippen LogP contribution in [0, 0.1) is 5.82 Å². The van der Waals surface area contributed by atoms with Crippen LogP contribution in [0.3, 0.4) is 0 Å². The van der Waals surface area contributed by atoms with Crippen LogP contribution in [0.4, 0.5) is 9.18 Å². The number of amides is 2. The van der Waals surface area contributed by atoms with E-state index in [-0.39, 0.29) is 23.9 Å². The summed E-state index contributed by atoms with van der Waals surface area (Å²) >= 11 is 0. The summed E-state index contributed by atoms with van der Waals surface area (Å²) in [5.74, 6) is 0.314. The van der Waals surface area contributed by atoms with Gasteiger partial charge in [-0.05, 0) is 89.4 Å². The van der Waals surface area contributed by atoms with E-state index in [1.165, 1.54) is 26.4 Å². The van der Waals surface area contributed by atoms with Crippen LogP contribution in [0.25, 0.3) is 17.2 Å². The molecule has 0 bridgehead atoms. The number of aromatic nitrogens is 1. The van der Waals surface area contributed by atoms with E-state index in [0.29, 0.717) is 36.7 Å². The summed E-state index contributed by atoms with van der Waals surface area (Å²) in [5, 5.41) is 2.93. The third kappa shape index (κ3) is 6.70. The number of allylic oxidation sites excluding steroid dienone is 2. The molecule has 1 aliphatic carbocycles. The fourth-order valence-corrected chi connectivity index (χ4v) is 5.30. The lowest BCUT2D eigenvalue weighted by Gasteiger charge is -2.31. The summed E-state index contributed by atoms with van der Waals surface area (Å²) in [6.07, 6.45) is 4.94. The maximum absolute atomic E-state index is 14.4. The molecule has 43 heavy (non-hydrogen) atoms. The van der Waals surface area contributed by atoms with E-state index < -0.39 is 6.09 Å². The first-order valence-corrected chi connectivity index (χ1v) is 14.1. The van der Waals surface area contributed by atoms with E-state index in [2.05, 4.69) is 15.2 Å². The second-order valence-corrected chi connectivity index (χ2v) is 10.6. The van der Waals surface area contributed by atoms with E-state index in [1.54, 1.807) is 35.5 Å². The Balaban J connectivity index is 1.43. The SMILES string of the molecule is COc1cc(/C=C2/C(C)=C(CC(=O)NCc3cccnc3)c3cc(F)ccc32)cc(OC)c1OC(=O)N1CCN(C)CC1. The fraction of sp³-hybridized carbons (Fsp3) is 0.303. The quantitative estimate of drug-likeness (QED) is 0.396. The zero-order chi connectivity index (χ0) is 30.5. The number of carbonyl (C=O) groups is 2. The number of likely N-dealkylation sites (N-methyl/N-ethyl adjacent to an activating group) is 1. The largest absolute Gasteiger partial charge is 0.493 e. The van der Waals surface area contributed by atoms with Crippen molar-refractivity contribution in [1.82, 2.24) is 20.1 Å². The molecule has 10 heteroatoms. The molecule has 1 saturated heterocycles. The topological polar surface area (TPSA) is 93.2 Å². The molecular weight excluding hydrogens is 551 g/mol. The Morgan fingerprint density at radius 2 is 1.74 bits per heavy atom. The third-order valence-electron chi connectivity index (χ3n) is 7.75. The number of halogens is 1. The fourth-order valence-electron chi connectivity index (χ4n) is 5.30. The average Bonchev–Trinajstić information content (AvgIpc) is 3.26. The molecule has 1 aromatic heterocycles. The molecule has 0 unspecified atom stereocenters. The number of ether oxygens (including phenoxy) is 3. The first-order chi connectivity index (χ1) is 20.8. The van der Waals surface area contributed by atoms with Gasteiger partial charge in [-0.25, -0.2) is 9.18 Å². The van der Waals surface area contributed by atoms with Gasteiger partial charge in [-0.2, -0.15) is 0 Å². The van der Waals surface area contributed by atoms with Crippen molar-refractivity contribution in [3.05, 3.63) is 88.5 Å². The number of nitrogens with one attached hydrogen (secondary N) is 1. The Kier molecular flexibility index (Phi) is 9.06. The van der Waals surface area contributed by atoms with Crippen LogP contribution >= 0.6 is 0 Å². The van der Waals surface area contributed by atoms with Crippen LogP contribution in [0.1, 0.15) is 35.6 Å². The minimum Gasteiger partial charge on any atom is -0.493 e. The maximum atomic E-state index is 14.4. The first-order valence-electron chi connectivity index (χ1n) is 14.1. The highest BCUT2D eigenvalue weighted by Crippen LogP contribution is 2.45. The summed E-state index contributed by atoms with van der Waals surface area (Å²) in [4.78, 5) is 33.8. The molecule has 9 nitrogen and oxygen atoms in total. The molecule has 224 valence electrons. The molecule has 0 saturated carbocycles. The molecule has 5 rings (SSSR count). The van der Waals surface area contributed by atoms with Gasteiger partial charge in [-0.1, -0.05) is 12.1 Å². The van der Waals surface area contributed by atoms with E-state index in [0.717, 1.165) is 46.5 Å². The molecular formula is C33H35FN4O5. The summed E-state index contributed by atoms with van der Waals surface area (Å²) in [5.41, 5.74) is 5.56. The molecule has 0 spiro atoms. The van der Waals surface area contributed by atoms with E-state index in [1.807, 2.05) is 32.2 Å². The number of hydrogen-bond donors (Lipinski definition) is 1. The number of rotatable bonds is 8. The van der Waals surface area contributed by atoms with Crippen molar-refractivity contribution < 1.29 is 28.2 Å². The summed E-state index contributed by atoms with van der Waals surface area (Å²) < 4.78 is 31.4. The van der Waals surface area contributed by atoms with Gasteiger partial charge in [0.2, 0.25) is 11.7 Å². The molecule has 0 atom stereocenters. The highest BCUT2D eigenvalue weighted by atomic mass is 19.1. The lowest BCUT2D eigenvalue weighted by molar-refractivity contribution is -0.120. The summed E-state index contributed by atoms with van der Waals surface area (Å²) in [6, 6.07) is 11.8. The molecule has 3 aromatic rings. The maximum Gasteiger partial charge on any atom is 0.415 e. The molecule has 1 N–H and O–H groups in total. The monoisotopic (exact) mass is 586 g/mol. The molecule has 2 amide bonds. The van der Waals surface area contributed by atoms with Crippen LogP contribution in [0.2, 0.25) is 0 Å². The standard InChI is InChI=1S/C33H35FN4O5/c1-21-26(25-8-7-24(34)17-28(25)27(21)18-31(39)36-20-22-6-5-9-35-19-22)14-23-15-29(41-3)32(30(16-23)42-4)43-33(40)38-12-10-37(2)11-13-38/h5-9,14-17,19H,10-13,18,20H2,1-4H3,(H,36,39)/b26-14-. The van der Waals surface area contributed by atoms with Gasteiger partial charge in [0.15, 0.2) is 11.5 Å². The Bertz CT molecular complexity index is 1550. The lowest BCUT2D eigenvalue weighted by atomic mass is 10.00. The van der Waals surface area contributed by atoms with Gasteiger partial charge in [0.05, 0.1) is 20.6 Å². The van der Waals surface area contributed by atoms with Crippen LogP contribution in [0.5, 0.6) is 17.2 Å². The molecule has 2 aromatic carbocycles. The number of methoxy groups -OCH3 is 2. The number of nitrogens with zero attached hydrogens (tertiary/aromatic N) is 3. The van der Waals surface area contributed by atoms with E-state index in [9.17, 15) is 14.0 Å². The van der Waals surface area contributed by atoms with Crippen LogP contribution in [0.15, 0.2) is 60.4 Å². The molecule has 1 aliphatic heterocycles. The van der Waals surface area contributed by atoms with Crippen molar-refractivity contribution in [2.45, 2.75) is 19.9 Å². The second-order valence-electron chi connectivity index (χ2n) is 10.6. The summed E-state index contributed by atoms with van der Waals surface area (Å²) in [6.45, 7) is 4.95. The Hall–Kier alpha value is -4.70. The van der Waals surface area contributed by atoms with Crippen LogP contribution in [-0.2, 0) is 11.3 Å². The predicted octanol–water partition coefficient (Wildman–Crippen LogP) is 5.02. The molecule has 0 radical (unpaired) electrons. The first kappa shape index (κ1) is 29.8. The van der Waals surface area contributed by atoms with Gasteiger partial charge in [-0.3, -0.25) is 9.78 Å². The predicted molar refractivity (Wildman–Crippen MR) is 162 cm³/mol. The van der Waals surface area contributed by atoms with Gasteiger partial charge in [0.25, 0.3) is 0 Å². The number of benzene rings is 2. The van der Waals surface area contributed by atoms with E-state index in [4.69, 9.17) is 14.2 Å². The van der Waals surface area contributed by atoms with Crippen molar-refractivity contribution in [2.24, 2.45) is 0 Å². The van der Waals surface area contributed by atoms with Gasteiger partial charge in [-0.15, -0.1) is 0 Å². The van der Waals surface area contributed by atoms with Crippen molar-refractivity contribution in [3.8, 4) is 17.2 Å². The minimum absolute atomic E-state index is 0.0910. The van der Waals surface area contributed by atoms with Crippen LogP contribution < -0.4 is 19.5 Å². The van der Waals surface area contributed by atoms with Crippen LogP contribution in [-0.4, -0.2) is 74.2 Å². The number of fused-ring (bicyclic) bond motifs is 1. The lowest BCUT2D eigenvalue weighted by Crippen LogP contribution is -2.48. The second kappa shape index (κ2) is 13.1.